The van der Waals surface area contributed by atoms with Crippen molar-refractivity contribution in [3.05, 3.63) is 71.0 Å². The van der Waals surface area contributed by atoms with Crippen molar-refractivity contribution in [3.63, 3.8) is 0 Å². The summed E-state index contributed by atoms with van der Waals surface area (Å²) in [7, 11) is 0. The molecule has 0 unspecified atom stereocenters. The Hall–Kier alpha value is -2.88. The zero-order valence-electron chi connectivity index (χ0n) is 13.7. The van der Waals surface area contributed by atoms with Crippen LogP contribution < -0.4 is 0 Å². The number of carbonyl (C=O) groups is 2. The molecule has 0 saturated heterocycles. The molecule has 4 heteroatoms. The van der Waals surface area contributed by atoms with Gasteiger partial charge in [-0.2, -0.15) is 0 Å². The van der Waals surface area contributed by atoms with Gasteiger partial charge >= 0.3 is 5.97 Å². The summed E-state index contributed by atoms with van der Waals surface area (Å²) in [6, 6.07) is 14.8. The predicted molar refractivity (Wildman–Crippen MR) is 91.1 cm³/mol. The lowest BCUT2D eigenvalue weighted by Gasteiger charge is -2.05. The van der Waals surface area contributed by atoms with Gasteiger partial charge in [0.05, 0.1) is 6.42 Å². The first-order valence-corrected chi connectivity index (χ1v) is 7.76. The van der Waals surface area contributed by atoms with E-state index in [2.05, 4.69) is 0 Å². The second-order valence-corrected chi connectivity index (χ2v) is 5.83. The summed E-state index contributed by atoms with van der Waals surface area (Å²) in [4.78, 5) is 24.0. The fourth-order valence-corrected chi connectivity index (χ4v) is 2.47. The number of aryl methyl sites for hydroxylation is 2. The Bertz CT molecular complexity index is 872. The highest BCUT2D eigenvalue weighted by Crippen LogP contribution is 2.19. The average molecular weight is 322 g/mol. The minimum absolute atomic E-state index is 0.147. The van der Waals surface area contributed by atoms with Gasteiger partial charge in [-0.1, -0.05) is 36.4 Å². The Morgan fingerprint density at radius 2 is 1.79 bits per heavy atom. The number of ketones is 1. The van der Waals surface area contributed by atoms with E-state index < -0.39 is 5.97 Å². The van der Waals surface area contributed by atoms with E-state index in [0.717, 1.165) is 16.5 Å². The Morgan fingerprint density at radius 1 is 1.00 bits per heavy atom. The molecular formula is C20H18O4. The van der Waals surface area contributed by atoms with Crippen LogP contribution in [0.25, 0.3) is 11.0 Å². The van der Waals surface area contributed by atoms with E-state index in [1.165, 1.54) is 5.56 Å². The number of hydrogen-bond donors (Lipinski definition) is 0. The van der Waals surface area contributed by atoms with Crippen LogP contribution in [0.5, 0.6) is 0 Å². The smallest absolute Gasteiger partial charge is 0.310 e. The van der Waals surface area contributed by atoms with Crippen LogP contribution in [0.1, 0.15) is 27.2 Å². The van der Waals surface area contributed by atoms with Crippen molar-refractivity contribution in [1.29, 1.82) is 0 Å². The van der Waals surface area contributed by atoms with Crippen molar-refractivity contribution in [2.24, 2.45) is 0 Å². The van der Waals surface area contributed by atoms with Crippen molar-refractivity contribution in [3.8, 4) is 0 Å². The Morgan fingerprint density at radius 3 is 2.54 bits per heavy atom. The molecule has 0 amide bonds. The lowest BCUT2D eigenvalue weighted by molar-refractivity contribution is -0.141. The molecule has 3 rings (SSSR count). The standard InChI is InChI=1S/C20H18O4/c1-13-7-8-15(9-14(13)2)10-20(22)23-12-17(21)19-11-16-5-3-4-6-18(16)24-19/h3-9,11H,10,12H2,1-2H3. The molecular weight excluding hydrogens is 304 g/mol. The highest BCUT2D eigenvalue weighted by molar-refractivity contribution is 5.99. The van der Waals surface area contributed by atoms with Crippen molar-refractivity contribution in [1.82, 2.24) is 0 Å². The predicted octanol–water partition coefficient (Wildman–Crippen LogP) is 4.02. The molecule has 0 spiro atoms. The minimum atomic E-state index is -0.428. The number of fused-ring (bicyclic) bond motifs is 1. The number of rotatable bonds is 5. The second kappa shape index (κ2) is 6.71. The third-order valence-electron chi connectivity index (χ3n) is 3.98. The number of hydrogen-bond acceptors (Lipinski definition) is 4. The molecule has 122 valence electrons. The van der Waals surface area contributed by atoms with Crippen LogP contribution in [0, 0.1) is 13.8 Å². The summed E-state index contributed by atoms with van der Waals surface area (Å²) in [5.41, 5.74) is 3.81. The summed E-state index contributed by atoms with van der Waals surface area (Å²) in [6.07, 6.45) is 0.147. The highest BCUT2D eigenvalue weighted by Gasteiger charge is 2.15. The molecule has 1 heterocycles. The molecule has 0 aliphatic heterocycles. The first-order chi connectivity index (χ1) is 11.5. The van der Waals surface area contributed by atoms with Crippen molar-refractivity contribution in [2.75, 3.05) is 6.61 Å². The zero-order chi connectivity index (χ0) is 17.1. The third kappa shape index (κ3) is 3.54. The van der Waals surface area contributed by atoms with Gasteiger partial charge in [0.15, 0.2) is 12.4 Å². The Balaban J connectivity index is 1.59. The van der Waals surface area contributed by atoms with Gasteiger partial charge in [-0.05, 0) is 42.7 Å². The number of benzene rings is 2. The normalized spacial score (nSPS) is 10.8. The molecule has 0 radical (unpaired) electrons. The summed E-state index contributed by atoms with van der Waals surface area (Å²) < 4.78 is 10.5. The van der Waals surface area contributed by atoms with E-state index >= 15 is 0 Å². The van der Waals surface area contributed by atoms with E-state index in [-0.39, 0.29) is 24.6 Å². The largest absolute Gasteiger partial charge is 0.457 e. The summed E-state index contributed by atoms with van der Waals surface area (Å²) >= 11 is 0. The number of Topliss-reactive ketones (excluding diaryl/α,β-unsaturated/α-hetero) is 1. The first-order valence-electron chi connectivity index (χ1n) is 7.76. The molecule has 24 heavy (non-hydrogen) atoms. The van der Waals surface area contributed by atoms with E-state index in [0.29, 0.717) is 5.58 Å². The van der Waals surface area contributed by atoms with Crippen LogP contribution in [0.4, 0.5) is 0 Å². The number of furan rings is 1. The van der Waals surface area contributed by atoms with Crippen molar-refractivity contribution >= 4 is 22.7 Å². The van der Waals surface area contributed by atoms with Gasteiger partial charge in [0.1, 0.15) is 5.58 Å². The average Bonchev–Trinajstić information content (AvgIpc) is 3.00. The quantitative estimate of drug-likeness (QED) is 0.526. The van der Waals surface area contributed by atoms with Crippen LogP contribution in [0.15, 0.2) is 52.9 Å². The SMILES string of the molecule is Cc1ccc(CC(=O)OCC(=O)c2cc3ccccc3o2)cc1C. The minimum Gasteiger partial charge on any atom is -0.457 e. The number of ether oxygens (including phenoxy) is 1. The lowest BCUT2D eigenvalue weighted by atomic mass is 10.0. The van der Waals surface area contributed by atoms with Gasteiger partial charge in [-0.15, -0.1) is 0 Å². The zero-order valence-corrected chi connectivity index (χ0v) is 13.7. The van der Waals surface area contributed by atoms with Crippen molar-refractivity contribution < 1.29 is 18.7 Å². The third-order valence-corrected chi connectivity index (χ3v) is 3.98. The molecule has 1 aromatic heterocycles. The molecule has 0 aliphatic rings. The van der Waals surface area contributed by atoms with Crippen LogP contribution in [-0.2, 0) is 16.0 Å². The van der Waals surface area contributed by atoms with Crippen LogP contribution >= 0.6 is 0 Å². The maximum atomic E-state index is 12.1. The highest BCUT2D eigenvalue weighted by atomic mass is 16.5. The maximum absolute atomic E-state index is 12.1. The topological polar surface area (TPSA) is 56.5 Å². The van der Waals surface area contributed by atoms with E-state index in [4.69, 9.17) is 9.15 Å². The van der Waals surface area contributed by atoms with Gasteiger partial charge in [0.25, 0.3) is 0 Å². The van der Waals surface area contributed by atoms with Crippen LogP contribution in [0.3, 0.4) is 0 Å². The molecule has 0 aliphatic carbocycles. The van der Waals surface area contributed by atoms with Gasteiger partial charge in [0.2, 0.25) is 5.78 Å². The van der Waals surface area contributed by atoms with Crippen LogP contribution in [0.2, 0.25) is 0 Å². The molecule has 0 atom stereocenters. The molecule has 4 nitrogen and oxygen atoms in total. The molecule has 0 fully saturated rings. The molecule has 0 N–H and O–H groups in total. The monoisotopic (exact) mass is 322 g/mol. The van der Waals surface area contributed by atoms with E-state index in [1.54, 1.807) is 12.1 Å². The van der Waals surface area contributed by atoms with Gasteiger partial charge in [0, 0.05) is 5.39 Å². The lowest BCUT2D eigenvalue weighted by Crippen LogP contribution is -2.15. The molecule has 2 aromatic carbocycles. The summed E-state index contributed by atoms with van der Waals surface area (Å²) in [5, 5.41) is 0.849. The number of carbonyl (C=O) groups excluding carboxylic acids is 2. The summed E-state index contributed by atoms with van der Waals surface area (Å²) in [5.74, 6) is -0.572. The fourth-order valence-electron chi connectivity index (χ4n) is 2.47. The maximum Gasteiger partial charge on any atom is 0.310 e. The summed E-state index contributed by atoms with van der Waals surface area (Å²) in [6.45, 7) is 3.70. The van der Waals surface area contributed by atoms with Crippen molar-refractivity contribution in [2.45, 2.75) is 20.3 Å². The Kier molecular flexibility index (Phi) is 4.47. The van der Waals surface area contributed by atoms with Gasteiger partial charge in [-0.3, -0.25) is 9.59 Å². The fraction of sp³-hybridized carbons (Fsp3) is 0.200. The van der Waals surface area contributed by atoms with E-state index in [1.807, 2.05) is 50.2 Å². The first kappa shape index (κ1) is 16.0. The second-order valence-electron chi connectivity index (χ2n) is 5.83. The van der Waals surface area contributed by atoms with Crippen LogP contribution in [-0.4, -0.2) is 18.4 Å². The Labute approximate surface area is 140 Å². The van der Waals surface area contributed by atoms with Gasteiger partial charge in [-0.25, -0.2) is 0 Å². The van der Waals surface area contributed by atoms with Gasteiger partial charge < -0.3 is 9.15 Å². The number of para-hydroxylation sites is 1. The molecule has 0 bridgehead atoms. The molecule has 3 aromatic rings. The molecule has 0 saturated carbocycles. The number of esters is 1. The van der Waals surface area contributed by atoms with E-state index in [9.17, 15) is 9.59 Å².